The van der Waals surface area contributed by atoms with E-state index in [1.54, 1.807) is 30.3 Å². The van der Waals surface area contributed by atoms with Crippen LogP contribution in [-0.2, 0) is 6.42 Å². The van der Waals surface area contributed by atoms with E-state index in [0.717, 1.165) is 17.4 Å². The quantitative estimate of drug-likeness (QED) is 0.653. The third-order valence-electron chi connectivity index (χ3n) is 5.64. The highest BCUT2D eigenvalue weighted by atomic mass is 19.3. The number of piperidine rings is 1. The number of likely N-dealkylation sites (tertiary alicyclic amines) is 1. The molecular formula is C23H20F2N2O3. The van der Waals surface area contributed by atoms with E-state index in [1.165, 1.54) is 4.90 Å². The molecule has 0 spiro atoms. The zero-order valence-electron chi connectivity index (χ0n) is 16.2. The summed E-state index contributed by atoms with van der Waals surface area (Å²) < 4.78 is 40.4. The third-order valence-corrected chi connectivity index (χ3v) is 5.64. The van der Waals surface area contributed by atoms with Crippen LogP contribution in [-0.4, -0.2) is 47.5 Å². The molecule has 0 aliphatic carbocycles. The first-order valence-electron chi connectivity index (χ1n) is 9.95. The van der Waals surface area contributed by atoms with Gasteiger partial charge < -0.3 is 14.4 Å². The lowest BCUT2D eigenvalue weighted by Crippen LogP contribution is -2.55. The number of alkyl halides is 2. The topological polar surface area (TPSA) is 51.7 Å². The fourth-order valence-corrected chi connectivity index (χ4v) is 3.99. The molecule has 2 aliphatic rings. The van der Waals surface area contributed by atoms with E-state index in [1.807, 2.05) is 24.3 Å². The molecule has 1 aromatic heterocycles. The SMILES string of the molecule is O=C(c1cccc2c1OCC2)N1CCC(F)(F)C(Oc2ccc3ccccc3n2)C1. The minimum atomic E-state index is -3.06. The van der Waals surface area contributed by atoms with E-state index >= 15 is 0 Å². The summed E-state index contributed by atoms with van der Waals surface area (Å²) in [5.41, 5.74) is 2.05. The molecule has 1 atom stereocenters. The Bertz CT molecular complexity index is 1120. The van der Waals surface area contributed by atoms with Gasteiger partial charge in [0.1, 0.15) is 5.75 Å². The van der Waals surface area contributed by atoms with Crippen LogP contribution in [0.3, 0.4) is 0 Å². The standard InChI is InChI=1S/C23H20F2N2O3/c24-23(25)11-12-27(22(28)17-6-3-5-16-10-13-29-21(16)17)14-19(23)30-20-9-8-15-4-1-2-7-18(15)26-20/h1-9,19H,10-14H2. The van der Waals surface area contributed by atoms with Crippen molar-refractivity contribution in [3.05, 3.63) is 65.7 Å². The lowest BCUT2D eigenvalue weighted by atomic mass is 10.0. The number of hydrogen-bond donors (Lipinski definition) is 0. The summed E-state index contributed by atoms with van der Waals surface area (Å²) in [6.07, 6.45) is -1.19. The smallest absolute Gasteiger partial charge is 0.287 e. The number of benzene rings is 2. The predicted molar refractivity (Wildman–Crippen MR) is 107 cm³/mol. The Kier molecular flexibility index (Phi) is 4.53. The van der Waals surface area contributed by atoms with E-state index in [0.29, 0.717) is 23.4 Å². The van der Waals surface area contributed by atoms with Crippen LogP contribution in [0, 0.1) is 0 Å². The molecule has 0 saturated carbocycles. The highest BCUT2D eigenvalue weighted by Gasteiger charge is 2.47. The molecule has 0 N–H and O–H groups in total. The van der Waals surface area contributed by atoms with Gasteiger partial charge in [-0.1, -0.05) is 30.3 Å². The number of ether oxygens (including phenoxy) is 2. The number of rotatable bonds is 3. The maximum Gasteiger partial charge on any atom is 0.287 e. The molecule has 3 heterocycles. The average Bonchev–Trinajstić information content (AvgIpc) is 3.23. The Balaban J connectivity index is 1.38. The molecule has 5 rings (SSSR count). The van der Waals surface area contributed by atoms with Crippen LogP contribution in [0.25, 0.3) is 10.9 Å². The van der Waals surface area contributed by atoms with Gasteiger partial charge in [0.05, 0.1) is 24.2 Å². The number of amides is 1. The molecule has 2 aromatic carbocycles. The second-order valence-corrected chi connectivity index (χ2v) is 7.60. The summed E-state index contributed by atoms with van der Waals surface area (Å²) in [5.74, 6) is -2.69. The van der Waals surface area contributed by atoms with Crippen LogP contribution in [0.15, 0.2) is 54.6 Å². The van der Waals surface area contributed by atoms with Crippen molar-refractivity contribution in [2.75, 3.05) is 19.7 Å². The number of carbonyl (C=O) groups is 1. The van der Waals surface area contributed by atoms with Crippen molar-refractivity contribution in [1.29, 1.82) is 0 Å². The zero-order chi connectivity index (χ0) is 20.7. The highest BCUT2D eigenvalue weighted by Crippen LogP contribution is 2.35. The van der Waals surface area contributed by atoms with Gasteiger partial charge in [0.15, 0.2) is 6.10 Å². The molecule has 0 bridgehead atoms. The summed E-state index contributed by atoms with van der Waals surface area (Å²) in [7, 11) is 0. The van der Waals surface area contributed by atoms with Gasteiger partial charge in [-0.3, -0.25) is 4.79 Å². The first kappa shape index (κ1) is 18.8. The van der Waals surface area contributed by atoms with Gasteiger partial charge in [-0.25, -0.2) is 13.8 Å². The van der Waals surface area contributed by atoms with E-state index in [9.17, 15) is 13.6 Å². The van der Waals surface area contributed by atoms with Crippen molar-refractivity contribution in [2.24, 2.45) is 0 Å². The van der Waals surface area contributed by atoms with E-state index < -0.39 is 18.4 Å². The zero-order valence-corrected chi connectivity index (χ0v) is 16.2. The molecule has 154 valence electrons. The Morgan fingerprint density at radius 3 is 2.90 bits per heavy atom. The van der Waals surface area contributed by atoms with Crippen molar-refractivity contribution < 1.29 is 23.0 Å². The summed E-state index contributed by atoms with van der Waals surface area (Å²) in [6, 6.07) is 16.2. The normalized spacial score (nSPS) is 19.9. The first-order chi connectivity index (χ1) is 14.5. The second kappa shape index (κ2) is 7.23. The molecule has 5 nitrogen and oxygen atoms in total. The maximum atomic E-state index is 14.6. The summed E-state index contributed by atoms with van der Waals surface area (Å²) in [4.78, 5) is 18.8. The molecule has 3 aromatic rings. The summed E-state index contributed by atoms with van der Waals surface area (Å²) in [6.45, 7) is 0.265. The first-order valence-corrected chi connectivity index (χ1v) is 9.95. The van der Waals surface area contributed by atoms with Crippen LogP contribution >= 0.6 is 0 Å². The van der Waals surface area contributed by atoms with Gasteiger partial charge in [-0.05, 0) is 23.8 Å². The third kappa shape index (κ3) is 3.34. The molecule has 1 saturated heterocycles. The van der Waals surface area contributed by atoms with Crippen LogP contribution in [0.5, 0.6) is 11.6 Å². The molecule has 0 radical (unpaired) electrons. The van der Waals surface area contributed by atoms with Crippen molar-refractivity contribution in [3.8, 4) is 11.6 Å². The molecule has 1 unspecified atom stereocenters. The number of nitrogens with zero attached hydrogens (tertiary/aromatic N) is 2. The number of carbonyl (C=O) groups excluding carboxylic acids is 1. The molecule has 1 amide bonds. The Hall–Kier alpha value is -3.22. The number of pyridine rings is 1. The van der Waals surface area contributed by atoms with E-state index in [-0.39, 0.29) is 24.9 Å². The van der Waals surface area contributed by atoms with Gasteiger partial charge in [0, 0.05) is 30.8 Å². The van der Waals surface area contributed by atoms with E-state index in [4.69, 9.17) is 9.47 Å². The highest BCUT2D eigenvalue weighted by molar-refractivity contribution is 5.97. The second-order valence-electron chi connectivity index (χ2n) is 7.60. The van der Waals surface area contributed by atoms with Crippen LogP contribution in [0.1, 0.15) is 22.3 Å². The van der Waals surface area contributed by atoms with Gasteiger partial charge in [0.2, 0.25) is 5.88 Å². The minimum absolute atomic E-state index is 0.0412. The lowest BCUT2D eigenvalue weighted by molar-refractivity contribution is -0.131. The number of hydrogen-bond acceptors (Lipinski definition) is 4. The van der Waals surface area contributed by atoms with Crippen LogP contribution in [0.4, 0.5) is 8.78 Å². The largest absolute Gasteiger partial charge is 0.492 e. The fourth-order valence-electron chi connectivity index (χ4n) is 3.99. The fraction of sp³-hybridized carbons (Fsp3) is 0.304. The lowest BCUT2D eigenvalue weighted by Gasteiger charge is -2.38. The summed E-state index contributed by atoms with van der Waals surface area (Å²) >= 11 is 0. The van der Waals surface area contributed by atoms with Crippen molar-refractivity contribution in [1.82, 2.24) is 9.88 Å². The van der Waals surface area contributed by atoms with Gasteiger partial charge in [-0.2, -0.15) is 0 Å². The molecule has 7 heteroatoms. The minimum Gasteiger partial charge on any atom is -0.492 e. The Morgan fingerprint density at radius 1 is 1.13 bits per heavy atom. The number of fused-ring (bicyclic) bond motifs is 2. The average molecular weight is 410 g/mol. The Labute approximate surface area is 172 Å². The van der Waals surface area contributed by atoms with E-state index in [2.05, 4.69) is 4.98 Å². The summed E-state index contributed by atoms with van der Waals surface area (Å²) in [5, 5.41) is 0.898. The van der Waals surface area contributed by atoms with Crippen LogP contribution < -0.4 is 9.47 Å². The monoisotopic (exact) mass is 410 g/mol. The van der Waals surface area contributed by atoms with Gasteiger partial charge in [0.25, 0.3) is 11.8 Å². The number of halogens is 2. The molecular weight excluding hydrogens is 390 g/mol. The molecule has 2 aliphatic heterocycles. The molecule has 1 fully saturated rings. The number of para-hydroxylation sites is 2. The predicted octanol–water partition coefficient (Wildman–Crippen LogP) is 4.10. The Morgan fingerprint density at radius 2 is 2.00 bits per heavy atom. The van der Waals surface area contributed by atoms with Crippen molar-refractivity contribution >= 4 is 16.8 Å². The van der Waals surface area contributed by atoms with Crippen molar-refractivity contribution in [3.63, 3.8) is 0 Å². The van der Waals surface area contributed by atoms with Crippen molar-refractivity contribution in [2.45, 2.75) is 24.9 Å². The van der Waals surface area contributed by atoms with Gasteiger partial charge in [-0.15, -0.1) is 0 Å². The maximum absolute atomic E-state index is 14.6. The number of aromatic nitrogens is 1. The van der Waals surface area contributed by atoms with Gasteiger partial charge >= 0.3 is 0 Å². The van der Waals surface area contributed by atoms with Crippen LogP contribution in [0.2, 0.25) is 0 Å². The molecule has 30 heavy (non-hydrogen) atoms.